The van der Waals surface area contributed by atoms with Crippen molar-refractivity contribution in [2.75, 3.05) is 0 Å². The third-order valence-corrected chi connectivity index (χ3v) is 26.3. The minimum Gasteiger partial charge on any atom is -0.423 e. The Labute approximate surface area is 667 Å². The van der Waals surface area contributed by atoms with E-state index in [1.165, 1.54) is 173 Å². The van der Waals surface area contributed by atoms with Crippen molar-refractivity contribution in [2.24, 2.45) is 23.7 Å². The highest BCUT2D eigenvalue weighted by Gasteiger charge is 2.60. The fraction of sp³-hybridized carbons (Fsp3) is 0.192. The van der Waals surface area contributed by atoms with Gasteiger partial charge in [-0.15, -0.1) is 0 Å². The van der Waals surface area contributed by atoms with Crippen LogP contribution in [0.4, 0.5) is 0 Å². The second kappa shape index (κ2) is 30.6. The predicted molar refractivity (Wildman–Crippen MR) is 460 cm³/mol. The molecule has 8 aliphatic rings. The van der Waals surface area contributed by atoms with Crippen molar-refractivity contribution < 1.29 is 10.0 Å². The monoisotopic (exact) mass is 1510 g/mol. The highest BCUT2D eigenvalue weighted by atomic mass is 79.9. The van der Waals surface area contributed by atoms with Crippen molar-refractivity contribution in [3.8, 4) is 113 Å². The van der Waals surface area contributed by atoms with Gasteiger partial charge in [0, 0.05) is 26.7 Å². The van der Waals surface area contributed by atoms with Gasteiger partial charge in [-0.05, 0) is 279 Å². The van der Waals surface area contributed by atoms with Gasteiger partial charge in [-0.1, -0.05) is 283 Å². The van der Waals surface area contributed by atoms with E-state index >= 15 is 0 Å². The smallest absolute Gasteiger partial charge is 0.423 e. The van der Waals surface area contributed by atoms with Gasteiger partial charge in [0.15, 0.2) is 0 Å². The average Bonchev–Trinajstić information content (AvgIpc) is 0.710. The lowest BCUT2D eigenvalue weighted by molar-refractivity contribution is -0.0282. The summed E-state index contributed by atoms with van der Waals surface area (Å²) in [5.74, 6) is 3.28. The first kappa shape index (κ1) is 72.0. The van der Waals surface area contributed by atoms with Crippen LogP contribution in [0.1, 0.15) is 110 Å². The van der Waals surface area contributed by atoms with Crippen LogP contribution in [0.15, 0.2) is 344 Å². The van der Waals surface area contributed by atoms with Crippen LogP contribution < -0.4 is 5.46 Å². The molecule has 0 aliphatic heterocycles. The first-order valence-electron chi connectivity index (χ1n) is 39.8. The maximum Gasteiger partial charge on any atom is 0.488 e. The first-order valence-corrected chi connectivity index (χ1v) is 40.5. The Morgan fingerprint density at radius 1 is 0.277 bits per heavy atom. The Hall–Kier alpha value is -11.6. The van der Waals surface area contributed by atoms with Crippen LogP contribution >= 0.6 is 15.9 Å². The van der Waals surface area contributed by atoms with Gasteiger partial charge >= 0.3 is 7.12 Å². The number of aromatic nitrogens is 2. The van der Waals surface area contributed by atoms with E-state index in [1.54, 1.807) is 11.1 Å². The van der Waals surface area contributed by atoms with E-state index in [0.29, 0.717) is 27.4 Å². The normalized spacial score (nSPS) is 21.9. The van der Waals surface area contributed by atoms with E-state index in [2.05, 4.69) is 325 Å². The minimum absolute atomic E-state index is 0.245. The molecule has 0 saturated heterocycles. The Kier molecular flexibility index (Phi) is 19.6. The lowest BCUT2D eigenvalue weighted by atomic mass is 9.41. The number of benzene rings is 12. The molecular formula is C104H86BBrN4O2. The number of nitrogens with zero attached hydrogens (tertiary/aromatic N) is 4. The summed E-state index contributed by atoms with van der Waals surface area (Å²) in [6, 6.07) is 125. The van der Waals surface area contributed by atoms with Gasteiger partial charge in [-0.25, -0.2) is 9.97 Å². The molecule has 6 nitrogen and oxygen atoms in total. The summed E-state index contributed by atoms with van der Waals surface area (Å²) in [7, 11) is -1.46. The summed E-state index contributed by atoms with van der Waals surface area (Å²) >= 11 is 3.67. The van der Waals surface area contributed by atoms with Gasteiger partial charge in [-0.2, -0.15) is 10.5 Å². The molecule has 0 radical (unpaired) electrons. The molecule has 4 unspecified atom stereocenters. The van der Waals surface area contributed by atoms with Gasteiger partial charge in [0.1, 0.15) is 0 Å². The first-order chi connectivity index (χ1) is 54.8. The lowest BCUT2D eigenvalue weighted by Gasteiger charge is -2.63. The van der Waals surface area contributed by atoms with Crippen LogP contribution in [0.3, 0.4) is 0 Å². The number of rotatable bonds is 14. The van der Waals surface area contributed by atoms with Crippen molar-refractivity contribution in [2.45, 2.75) is 98.7 Å². The molecule has 544 valence electrons. The van der Waals surface area contributed by atoms with Gasteiger partial charge in [0.05, 0.1) is 46.0 Å². The van der Waals surface area contributed by atoms with E-state index in [1.807, 2.05) is 18.2 Å². The second-order valence-electron chi connectivity index (χ2n) is 33.0. The highest BCUT2D eigenvalue weighted by molar-refractivity contribution is 9.10. The maximum absolute atomic E-state index is 9.23. The molecule has 0 amide bonds. The zero-order valence-electron chi connectivity index (χ0n) is 62.8. The SMILES string of the molecule is Brc1ccc(C23CC4CC(C2)CC(c2ccc(-c5cccc(-c6cc(-c7ccccc7)nc(-c7ccccc7)c6)c5)cc2)(C4)C3)cc1.N#Cc1ccc(-c2ccc(C34CC5CC(C3)CC(c3ccc(-c6cccc(-c7cc(-c8ccccc8)nc(-c8ccccc8)c7)c6)cc3)(C5)C4)cc2)cc1.N#Cc1ccc(B(O)O)cc1. The molecule has 8 fully saturated rings. The quantitative estimate of drug-likeness (QED) is 0.105. The van der Waals surface area contributed by atoms with E-state index in [9.17, 15) is 5.26 Å². The Morgan fingerprint density at radius 2 is 0.527 bits per heavy atom. The molecule has 8 aliphatic carbocycles. The summed E-state index contributed by atoms with van der Waals surface area (Å²) in [6.45, 7) is 0. The number of hydrogen-bond donors (Lipinski definition) is 2. The number of pyridine rings is 2. The molecule has 8 saturated carbocycles. The second-order valence-corrected chi connectivity index (χ2v) is 33.9. The minimum atomic E-state index is -1.46. The molecule has 14 aromatic rings. The van der Waals surface area contributed by atoms with Crippen LogP contribution in [0.2, 0.25) is 0 Å². The summed E-state index contributed by atoms with van der Waals surface area (Å²) < 4.78 is 1.18. The zero-order chi connectivity index (χ0) is 75.8. The Balaban J connectivity index is 0.000000139. The molecule has 112 heavy (non-hydrogen) atoms. The van der Waals surface area contributed by atoms with E-state index in [4.69, 9.17) is 25.3 Å². The lowest BCUT2D eigenvalue weighted by Crippen LogP contribution is -2.55. The van der Waals surface area contributed by atoms with E-state index in [-0.39, 0.29) is 10.8 Å². The van der Waals surface area contributed by atoms with Gasteiger partial charge < -0.3 is 10.0 Å². The van der Waals surface area contributed by atoms with Crippen LogP contribution in [0.5, 0.6) is 0 Å². The Bertz CT molecular complexity index is 5640. The van der Waals surface area contributed by atoms with Crippen molar-refractivity contribution in [3.63, 3.8) is 0 Å². The number of hydrogen-bond acceptors (Lipinski definition) is 6. The van der Waals surface area contributed by atoms with Gasteiger partial charge in [0.2, 0.25) is 0 Å². The third-order valence-electron chi connectivity index (χ3n) is 25.7. The average molecular weight is 1510 g/mol. The molecule has 2 N–H and O–H groups in total. The molecule has 2 heterocycles. The zero-order valence-corrected chi connectivity index (χ0v) is 64.4. The maximum atomic E-state index is 9.23. The highest BCUT2D eigenvalue weighted by Crippen LogP contribution is 2.68. The molecule has 4 atom stereocenters. The fourth-order valence-electron chi connectivity index (χ4n) is 21.4. The molecule has 8 bridgehead atoms. The van der Waals surface area contributed by atoms with Gasteiger partial charge in [0.25, 0.3) is 0 Å². The molecule has 8 heteroatoms. The predicted octanol–water partition coefficient (Wildman–Crippen LogP) is 24.6. The van der Waals surface area contributed by atoms with Crippen molar-refractivity contribution >= 4 is 28.5 Å². The third kappa shape index (κ3) is 14.6. The van der Waals surface area contributed by atoms with E-state index < -0.39 is 7.12 Å². The summed E-state index contributed by atoms with van der Waals surface area (Å²) in [6.07, 6.45) is 16.1. The largest absolute Gasteiger partial charge is 0.488 e. The molecule has 2 aromatic heterocycles. The van der Waals surface area contributed by atoms with Crippen molar-refractivity contribution in [3.05, 3.63) is 378 Å². The topological polar surface area (TPSA) is 114 Å². The molecule has 12 aromatic carbocycles. The molecular weight excluding hydrogens is 1430 g/mol. The molecule has 0 spiro atoms. The van der Waals surface area contributed by atoms with E-state index in [0.717, 1.165) is 68.7 Å². The van der Waals surface area contributed by atoms with Crippen LogP contribution in [-0.2, 0) is 21.7 Å². The standard InChI is InChI=1S/C52H42N2.C45H38BrN.C7H6BNO2/c53-34-36-14-16-39(17-15-36)40-18-22-47(23-19-40)51-30-37-26-38(31-51)33-52(32-37,35-51)48-24-20-41(21-25-48)44-12-7-13-45(27-44)46-28-49(42-8-3-1-4-9-42)54-50(29-46)43-10-5-2-6-11-43;46-41-20-18-40(19-21-41)45-28-31-22-32(29-45)27-44(26-31,30-45)39-16-14-33(15-17-39)36-12-7-13-37(23-36)38-24-42(34-8-3-1-4-9-34)47-43(25-38)35-10-5-2-6-11-35;9-5-6-1-3-7(4-2-6)8(10)11/h1-25,27-29,37-38H,26,30-33,35H2;1-21,23-25,31-32H,22,26-30H2;1-4,10-11H. The number of halogens is 1. The van der Waals surface area contributed by atoms with Crippen LogP contribution in [-0.4, -0.2) is 27.1 Å². The van der Waals surface area contributed by atoms with Gasteiger partial charge in [-0.3, -0.25) is 0 Å². The summed E-state index contributed by atoms with van der Waals surface area (Å²) in [5, 5.41) is 34.9. The van der Waals surface area contributed by atoms with Crippen LogP contribution in [0, 0.1) is 46.3 Å². The van der Waals surface area contributed by atoms with Crippen molar-refractivity contribution in [1.29, 1.82) is 10.5 Å². The molecule has 22 rings (SSSR count). The summed E-state index contributed by atoms with van der Waals surface area (Å²) in [4.78, 5) is 10.2. The Morgan fingerprint density at radius 3 is 0.812 bits per heavy atom. The summed E-state index contributed by atoms with van der Waals surface area (Å²) in [5.41, 5.74) is 29.6. The number of nitriles is 2. The van der Waals surface area contributed by atoms with Crippen LogP contribution in [0.25, 0.3) is 101 Å². The van der Waals surface area contributed by atoms with Crippen molar-refractivity contribution in [1.82, 2.24) is 9.97 Å². The fourth-order valence-corrected chi connectivity index (χ4v) is 21.6.